The van der Waals surface area contributed by atoms with Crippen molar-refractivity contribution >= 4 is 0 Å². The average molecular weight is 292 g/mol. The second kappa shape index (κ2) is 6.92. The molecule has 0 aromatic heterocycles. The molecule has 1 rings (SSSR count). The molecule has 2 atom stereocenters. The molecular weight excluding hydrogens is 273 g/mol. The van der Waals surface area contributed by atoms with Crippen LogP contribution in [0.25, 0.3) is 0 Å². The van der Waals surface area contributed by atoms with Crippen molar-refractivity contribution in [3.8, 4) is 5.75 Å². The van der Waals surface area contributed by atoms with Crippen LogP contribution in [-0.2, 0) is 6.18 Å². The Bertz CT molecular complexity index is 438. The van der Waals surface area contributed by atoms with Gasteiger partial charge in [-0.25, -0.2) is 0 Å². The van der Waals surface area contributed by atoms with Crippen LogP contribution >= 0.6 is 0 Å². The fourth-order valence-electron chi connectivity index (χ4n) is 1.83. The molecule has 20 heavy (non-hydrogen) atoms. The van der Waals surface area contributed by atoms with E-state index in [1.807, 2.05) is 0 Å². The summed E-state index contributed by atoms with van der Waals surface area (Å²) in [6, 6.07) is 2.38. The maximum atomic E-state index is 12.6. The molecule has 1 aromatic rings. The lowest BCUT2D eigenvalue weighted by Crippen LogP contribution is -2.31. The van der Waals surface area contributed by atoms with Gasteiger partial charge in [-0.05, 0) is 32.1 Å². The first-order valence-corrected chi connectivity index (χ1v) is 6.14. The Kier molecular flexibility index (Phi) is 5.79. The van der Waals surface area contributed by atoms with Crippen LogP contribution in [-0.4, -0.2) is 31.9 Å². The summed E-state index contributed by atoms with van der Waals surface area (Å²) < 4.78 is 42.8. The normalized spacial score (nSPS) is 14.9. The zero-order valence-electron chi connectivity index (χ0n) is 11.4. The van der Waals surface area contributed by atoms with E-state index < -0.39 is 23.9 Å². The smallest absolute Gasteiger partial charge is 0.416 e. The maximum Gasteiger partial charge on any atom is 0.416 e. The van der Waals surface area contributed by atoms with E-state index in [9.17, 15) is 18.3 Å². The summed E-state index contributed by atoms with van der Waals surface area (Å²) in [6.07, 6.45) is -5.05. The van der Waals surface area contributed by atoms with Crippen molar-refractivity contribution in [2.75, 3.05) is 20.7 Å². The second-order valence-corrected chi connectivity index (χ2v) is 4.46. The first kappa shape index (κ1) is 16.7. The number of methoxy groups -OCH3 is 1. The van der Waals surface area contributed by atoms with Crippen molar-refractivity contribution in [2.45, 2.75) is 24.7 Å². The third-order valence-corrected chi connectivity index (χ3v) is 3.01. The number of hydrogen-bond donors (Lipinski definition) is 3. The van der Waals surface area contributed by atoms with Gasteiger partial charge in [0.1, 0.15) is 5.75 Å². The molecule has 0 spiro atoms. The number of nitrogens with two attached hydrogens (primary N) is 1. The molecule has 4 nitrogen and oxygen atoms in total. The number of halogens is 3. The molecule has 0 heterocycles. The molecule has 1 aromatic carbocycles. The highest BCUT2D eigenvalue weighted by atomic mass is 19.4. The molecule has 0 saturated carbocycles. The van der Waals surface area contributed by atoms with E-state index in [0.717, 1.165) is 12.1 Å². The molecule has 114 valence electrons. The lowest BCUT2D eigenvalue weighted by molar-refractivity contribution is -0.137. The molecule has 0 aliphatic carbocycles. The molecule has 0 saturated heterocycles. The zero-order valence-corrected chi connectivity index (χ0v) is 11.4. The van der Waals surface area contributed by atoms with Crippen LogP contribution in [0, 0.1) is 0 Å². The van der Waals surface area contributed by atoms with Crippen molar-refractivity contribution in [2.24, 2.45) is 5.73 Å². The predicted octanol–water partition coefficient (Wildman–Crippen LogP) is 1.68. The zero-order chi connectivity index (χ0) is 15.3. The summed E-state index contributed by atoms with van der Waals surface area (Å²) in [5.74, 6) is -0.0211. The van der Waals surface area contributed by atoms with Crippen molar-refractivity contribution in [3.05, 3.63) is 29.3 Å². The number of aliphatic hydroxyl groups excluding tert-OH is 1. The molecule has 0 amide bonds. The summed E-state index contributed by atoms with van der Waals surface area (Å²) in [4.78, 5) is 0. The number of nitrogens with one attached hydrogen (secondary N) is 1. The Balaban J connectivity index is 3.00. The fourth-order valence-corrected chi connectivity index (χ4v) is 1.83. The molecule has 0 fully saturated rings. The van der Waals surface area contributed by atoms with Crippen LogP contribution in [0.5, 0.6) is 5.75 Å². The van der Waals surface area contributed by atoms with Crippen molar-refractivity contribution in [1.82, 2.24) is 5.32 Å². The number of alkyl halides is 3. The summed E-state index contributed by atoms with van der Waals surface area (Å²) in [5, 5.41) is 13.0. The predicted molar refractivity (Wildman–Crippen MR) is 69.5 cm³/mol. The highest BCUT2D eigenvalue weighted by Gasteiger charge is 2.32. The number of hydrogen-bond acceptors (Lipinski definition) is 4. The molecule has 0 radical (unpaired) electrons. The number of aliphatic hydroxyl groups is 1. The molecule has 0 bridgehead atoms. The van der Waals surface area contributed by atoms with Gasteiger partial charge in [-0.1, -0.05) is 6.07 Å². The van der Waals surface area contributed by atoms with E-state index in [2.05, 4.69) is 5.32 Å². The van der Waals surface area contributed by atoms with Crippen LogP contribution in [0.1, 0.15) is 23.7 Å². The highest BCUT2D eigenvalue weighted by Crippen LogP contribution is 2.35. The Morgan fingerprint density at radius 1 is 1.40 bits per heavy atom. The van der Waals surface area contributed by atoms with Gasteiger partial charge in [0.15, 0.2) is 0 Å². The van der Waals surface area contributed by atoms with Gasteiger partial charge in [0.25, 0.3) is 0 Å². The molecule has 4 N–H and O–H groups in total. The van der Waals surface area contributed by atoms with Gasteiger partial charge >= 0.3 is 6.18 Å². The minimum atomic E-state index is -4.45. The molecule has 7 heteroatoms. The van der Waals surface area contributed by atoms with Crippen LogP contribution < -0.4 is 15.8 Å². The van der Waals surface area contributed by atoms with Crippen LogP contribution in [0.3, 0.4) is 0 Å². The third-order valence-electron chi connectivity index (χ3n) is 3.01. The van der Waals surface area contributed by atoms with E-state index in [1.54, 1.807) is 7.05 Å². The van der Waals surface area contributed by atoms with Gasteiger partial charge in [0.05, 0.1) is 18.8 Å². The summed E-state index contributed by atoms with van der Waals surface area (Å²) in [6.45, 7) is 0.598. The monoisotopic (exact) mass is 292 g/mol. The van der Waals surface area contributed by atoms with E-state index in [4.69, 9.17) is 10.5 Å². The van der Waals surface area contributed by atoms with E-state index in [-0.39, 0.29) is 11.3 Å². The van der Waals surface area contributed by atoms with Crippen LogP contribution in [0.4, 0.5) is 13.2 Å². The van der Waals surface area contributed by atoms with Crippen LogP contribution in [0.15, 0.2) is 18.2 Å². The van der Waals surface area contributed by atoms with Gasteiger partial charge in [-0.2, -0.15) is 13.2 Å². The summed E-state index contributed by atoms with van der Waals surface area (Å²) in [7, 11) is 3.00. The Morgan fingerprint density at radius 2 is 2.05 bits per heavy atom. The number of benzene rings is 1. The minimum Gasteiger partial charge on any atom is -0.496 e. The van der Waals surface area contributed by atoms with Crippen molar-refractivity contribution < 1.29 is 23.0 Å². The Labute approximate surface area is 115 Å². The van der Waals surface area contributed by atoms with E-state index in [0.29, 0.717) is 13.0 Å². The largest absolute Gasteiger partial charge is 0.496 e. The second-order valence-electron chi connectivity index (χ2n) is 4.46. The molecule has 0 aliphatic heterocycles. The quantitative estimate of drug-likeness (QED) is 0.746. The van der Waals surface area contributed by atoms with E-state index in [1.165, 1.54) is 13.2 Å². The van der Waals surface area contributed by atoms with Crippen molar-refractivity contribution in [3.63, 3.8) is 0 Å². The maximum absolute atomic E-state index is 12.6. The minimum absolute atomic E-state index is 0.0211. The Morgan fingerprint density at radius 3 is 2.55 bits per heavy atom. The highest BCUT2D eigenvalue weighted by molar-refractivity contribution is 5.40. The standard InChI is InChI=1S/C13H19F3N2O2/c1-18-6-5-10(17)12(19)9-4-3-8(13(14,15)16)7-11(9)20-2/h3-4,7,10,12,18-19H,5-6,17H2,1-2H3. The SMILES string of the molecule is CNCCC(N)C(O)c1ccc(C(F)(F)F)cc1OC. The first-order valence-electron chi connectivity index (χ1n) is 6.14. The third kappa shape index (κ3) is 4.09. The lowest BCUT2D eigenvalue weighted by Gasteiger charge is -2.22. The molecule has 2 unspecified atom stereocenters. The van der Waals surface area contributed by atoms with Gasteiger partial charge in [0, 0.05) is 11.6 Å². The number of ether oxygens (including phenoxy) is 1. The van der Waals surface area contributed by atoms with Gasteiger partial charge in [0.2, 0.25) is 0 Å². The van der Waals surface area contributed by atoms with Gasteiger partial charge < -0.3 is 20.9 Å². The summed E-state index contributed by atoms with van der Waals surface area (Å²) in [5.41, 5.74) is 5.24. The van der Waals surface area contributed by atoms with E-state index >= 15 is 0 Å². The van der Waals surface area contributed by atoms with Crippen LogP contribution in [0.2, 0.25) is 0 Å². The fraction of sp³-hybridized carbons (Fsp3) is 0.538. The average Bonchev–Trinajstić information content (AvgIpc) is 2.42. The van der Waals surface area contributed by atoms with Gasteiger partial charge in [-0.3, -0.25) is 0 Å². The van der Waals surface area contributed by atoms with Crippen molar-refractivity contribution in [1.29, 1.82) is 0 Å². The van der Waals surface area contributed by atoms with Gasteiger partial charge in [-0.15, -0.1) is 0 Å². The molecule has 0 aliphatic rings. The Hall–Kier alpha value is -1.31. The summed E-state index contributed by atoms with van der Waals surface area (Å²) >= 11 is 0. The topological polar surface area (TPSA) is 67.5 Å². The lowest BCUT2D eigenvalue weighted by atomic mass is 9.98. The first-order chi connectivity index (χ1) is 9.31. The molecular formula is C13H19F3N2O2. The number of rotatable bonds is 6.